The van der Waals surface area contributed by atoms with E-state index in [4.69, 9.17) is 5.11 Å². The maximum absolute atomic E-state index is 11.0. The maximum atomic E-state index is 11.0. The van der Waals surface area contributed by atoms with Crippen molar-refractivity contribution >= 4 is 16.9 Å². The van der Waals surface area contributed by atoms with E-state index in [9.17, 15) is 4.79 Å². The highest BCUT2D eigenvalue weighted by atomic mass is 16.4. The molecule has 0 bridgehead atoms. The molecular formula is C14H12N4O2. The third-order valence-corrected chi connectivity index (χ3v) is 3.03. The number of carbonyl (C=O) groups is 1. The van der Waals surface area contributed by atoms with Crippen molar-refractivity contribution < 1.29 is 9.90 Å². The summed E-state index contributed by atoms with van der Waals surface area (Å²) in [6.07, 6.45) is 0. The number of carboxylic acid groups (broad SMARTS) is 1. The van der Waals surface area contributed by atoms with Gasteiger partial charge in [0, 0.05) is 11.1 Å². The van der Waals surface area contributed by atoms with Gasteiger partial charge in [0.2, 0.25) is 0 Å². The SMILES string of the molecule is Cc1ccc2cccc(-n3nc(C(=O)O)nc3C)c2n1. The molecule has 3 aromatic rings. The van der Waals surface area contributed by atoms with Crippen LogP contribution in [0.1, 0.15) is 22.1 Å². The monoisotopic (exact) mass is 268 g/mol. The lowest BCUT2D eigenvalue weighted by atomic mass is 10.2. The summed E-state index contributed by atoms with van der Waals surface area (Å²) in [7, 11) is 0. The number of hydrogen-bond donors (Lipinski definition) is 1. The lowest BCUT2D eigenvalue weighted by Crippen LogP contribution is -2.03. The van der Waals surface area contributed by atoms with E-state index >= 15 is 0 Å². The van der Waals surface area contributed by atoms with Crippen LogP contribution in [0.2, 0.25) is 0 Å². The zero-order valence-electron chi connectivity index (χ0n) is 11.0. The van der Waals surface area contributed by atoms with Gasteiger partial charge in [-0.15, -0.1) is 5.10 Å². The Balaban J connectivity index is 2.29. The van der Waals surface area contributed by atoms with Crippen molar-refractivity contribution in [2.75, 3.05) is 0 Å². The molecule has 20 heavy (non-hydrogen) atoms. The van der Waals surface area contributed by atoms with Gasteiger partial charge in [-0.1, -0.05) is 18.2 Å². The second kappa shape index (κ2) is 4.41. The number of para-hydroxylation sites is 1. The Morgan fingerprint density at radius 2 is 1.95 bits per heavy atom. The Kier molecular flexibility index (Phi) is 2.71. The summed E-state index contributed by atoms with van der Waals surface area (Å²) >= 11 is 0. The summed E-state index contributed by atoms with van der Waals surface area (Å²) in [5.74, 6) is -0.846. The van der Waals surface area contributed by atoms with Gasteiger partial charge in [-0.05, 0) is 26.0 Å². The van der Waals surface area contributed by atoms with Crippen LogP contribution in [0.4, 0.5) is 0 Å². The molecule has 0 unspecified atom stereocenters. The molecule has 2 heterocycles. The van der Waals surface area contributed by atoms with E-state index < -0.39 is 5.97 Å². The Morgan fingerprint density at radius 3 is 2.65 bits per heavy atom. The molecule has 100 valence electrons. The van der Waals surface area contributed by atoms with Crippen LogP contribution in [0.25, 0.3) is 16.6 Å². The first kappa shape index (κ1) is 12.3. The summed E-state index contributed by atoms with van der Waals surface area (Å²) in [5, 5.41) is 14.0. The molecule has 1 aromatic carbocycles. The summed E-state index contributed by atoms with van der Waals surface area (Å²) in [6, 6.07) is 9.60. The molecule has 0 amide bonds. The van der Waals surface area contributed by atoms with Gasteiger partial charge in [-0.25, -0.2) is 14.5 Å². The molecule has 0 aliphatic heterocycles. The predicted molar refractivity (Wildman–Crippen MR) is 73.1 cm³/mol. The second-order valence-corrected chi connectivity index (χ2v) is 4.50. The third-order valence-electron chi connectivity index (χ3n) is 3.03. The van der Waals surface area contributed by atoms with Crippen molar-refractivity contribution in [2.24, 2.45) is 0 Å². The van der Waals surface area contributed by atoms with Crippen molar-refractivity contribution in [2.45, 2.75) is 13.8 Å². The molecule has 0 saturated carbocycles. The van der Waals surface area contributed by atoms with Gasteiger partial charge in [0.05, 0.1) is 11.2 Å². The lowest BCUT2D eigenvalue weighted by Gasteiger charge is -2.07. The number of aromatic nitrogens is 4. The molecule has 0 radical (unpaired) electrons. The van der Waals surface area contributed by atoms with E-state index in [1.54, 1.807) is 6.92 Å². The van der Waals surface area contributed by atoms with E-state index in [1.807, 2.05) is 37.3 Å². The van der Waals surface area contributed by atoms with E-state index in [0.29, 0.717) is 5.82 Å². The third kappa shape index (κ3) is 1.91. The molecule has 0 spiro atoms. The number of aromatic carboxylic acids is 1. The first-order valence-corrected chi connectivity index (χ1v) is 6.10. The Labute approximate surface area is 114 Å². The highest BCUT2D eigenvalue weighted by molar-refractivity contribution is 5.87. The normalized spacial score (nSPS) is 10.9. The standard InChI is InChI=1S/C14H12N4O2/c1-8-6-7-10-4-3-5-11(12(10)15-8)18-9(2)16-13(17-18)14(19)20/h3-7H,1-2H3,(H,19,20). The minimum absolute atomic E-state index is 0.216. The van der Waals surface area contributed by atoms with Crippen LogP contribution in [-0.2, 0) is 0 Å². The maximum Gasteiger partial charge on any atom is 0.375 e. The van der Waals surface area contributed by atoms with Crippen LogP contribution in [0, 0.1) is 13.8 Å². The quantitative estimate of drug-likeness (QED) is 0.770. The summed E-state index contributed by atoms with van der Waals surface area (Å²) < 4.78 is 1.51. The molecule has 0 atom stereocenters. The number of rotatable bonds is 2. The molecule has 2 aromatic heterocycles. The number of hydrogen-bond acceptors (Lipinski definition) is 4. The fourth-order valence-electron chi connectivity index (χ4n) is 2.11. The van der Waals surface area contributed by atoms with Crippen LogP contribution < -0.4 is 0 Å². The van der Waals surface area contributed by atoms with E-state index in [2.05, 4.69) is 15.1 Å². The second-order valence-electron chi connectivity index (χ2n) is 4.50. The van der Waals surface area contributed by atoms with Crippen molar-refractivity contribution in [1.29, 1.82) is 0 Å². The fraction of sp³-hybridized carbons (Fsp3) is 0.143. The van der Waals surface area contributed by atoms with Gasteiger partial charge >= 0.3 is 5.97 Å². The first-order chi connectivity index (χ1) is 9.56. The highest BCUT2D eigenvalue weighted by Crippen LogP contribution is 2.21. The number of carboxylic acids is 1. The van der Waals surface area contributed by atoms with Gasteiger partial charge in [0.15, 0.2) is 0 Å². The number of benzene rings is 1. The summed E-state index contributed by atoms with van der Waals surface area (Å²) in [5.41, 5.74) is 2.39. The Bertz CT molecular complexity index is 823. The van der Waals surface area contributed by atoms with Crippen molar-refractivity contribution in [3.05, 3.63) is 47.7 Å². The predicted octanol–water partition coefficient (Wildman–Crippen LogP) is 2.13. The molecule has 1 N–H and O–H groups in total. The van der Waals surface area contributed by atoms with E-state index in [1.165, 1.54) is 4.68 Å². The fourth-order valence-corrected chi connectivity index (χ4v) is 2.11. The zero-order chi connectivity index (χ0) is 14.3. The topological polar surface area (TPSA) is 80.9 Å². The Morgan fingerprint density at radius 1 is 1.15 bits per heavy atom. The number of aryl methyl sites for hydroxylation is 2. The molecule has 0 aliphatic carbocycles. The minimum atomic E-state index is -1.14. The smallest absolute Gasteiger partial charge is 0.375 e. The van der Waals surface area contributed by atoms with Crippen LogP contribution in [-0.4, -0.2) is 30.8 Å². The van der Waals surface area contributed by atoms with E-state index in [0.717, 1.165) is 22.3 Å². The number of pyridine rings is 1. The van der Waals surface area contributed by atoms with Crippen LogP contribution in [0.5, 0.6) is 0 Å². The largest absolute Gasteiger partial charge is 0.475 e. The van der Waals surface area contributed by atoms with Crippen LogP contribution in [0.3, 0.4) is 0 Å². The minimum Gasteiger partial charge on any atom is -0.475 e. The summed E-state index contributed by atoms with van der Waals surface area (Å²) in [4.78, 5) is 19.4. The molecule has 6 nitrogen and oxygen atoms in total. The van der Waals surface area contributed by atoms with Gasteiger partial charge in [0.1, 0.15) is 5.82 Å². The van der Waals surface area contributed by atoms with Crippen molar-refractivity contribution in [1.82, 2.24) is 19.7 Å². The lowest BCUT2D eigenvalue weighted by molar-refractivity contribution is 0.0683. The van der Waals surface area contributed by atoms with Gasteiger partial charge in [0.25, 0.3) is 5.82 Å². The van der Waals surface area contributed by atoms with E-state index in [-0.39, 0.29) is 5.82 Å². The highest BCUT2D eigenvalue weighted by Gasteiger charge is 2.15. The molecule has 0 aliphatic rings. The number of fused-ring (bicyclic) bond motifs is 1. The molecule has 0 saturated heterocycles. The van der Waals surface area contributed by atoms with Crippen molar-refractivity contribution in [3.8, 4) is 5.69 Å². The molecule has 3 rings (SSSR count). The van der Waals surface area contributed by atoms with Gasteiger partial charge in [-0.3, -0.25) is 4.98 Å². The molecule has 0 fully saturated rings. The van der Waals surface area contributed by atoms with Crippen LogP contribution in [0.15, 0.2) is 30.3 Å². The summed E-state index contributed by atoms with van der Waals surface area (Å²) in [6.45, 7) is 3.63. The first-order valence-electron chi connectivity index (χ1n) is 6.10. The van der Waals surface area contributed by atoms with Crippen molar-refractivity contribution in [3.63, 3.8) is 0 Å². The molecule has 6 heteroatoms. The average molecular weight is 268 g/mol. The molecular weight excluding hydrogens is 256 g/mol. The number of nitrogens with zero attached hydrogens (tertiary/aromatic N) is 4. The van der Waals surface area contributed by atoms with Gasteiger partial charge < -0.3 is 5.11 Å². The van der Waals surface area contributed by atoms with Crippen LogP contribution >= 0.6 is 0 Å². The zero-order valence-corrected chi connectivity index (χ0v) is 11.0. The van der Waals surface area contributed by atoms with Gasteiger partial charge in [-0.2, -0.15) is 0 Å². The average Bonchev–Trinajstić information content (AvgIpc) is 2.80. The Hall–Kier alpha value is -2.76.